The van der Waals surface area contributed by atoms with Gasteiger partial charge in [0.15, 0.2) is 17.3 Å². The second kappa shape index (κ2) is 12.1. The maximum absolute atomic E-state index is 15.9. The molecule has 3 aromatic carbocycles. The van der Waals surface area contributed by atoms with E-state index < -0.39 is 42.4 Å². The summed E-state index contributed by atoms with van der Waals surface area (Å²) < 4.78 is 85.2. The smallest absolute Gasteiger partial charge is 0.410 e. The molecule has 1 heterocycles. The molecular formula is C31H35F5N2O3Si. The Kier molecular flexibility index (Phi) is 9.15. The van der Waals surface area contributed by atoms with Crippen LogP contribution in [0, 0.1) is 11.6 Å². The van der Waals surface area contributed by atoms with Crippen LogP contribution in [0.15, 0.2) is 71.9 Å². The fourth-order valence-corrected chi connectivity index (χ4v) is 10.4. The molecule has 0 unspecified atom stereocenters. The van der Waals surface area contributed by atoms with Crippen molar-refractivity contribution in [3.63, 3.8) is 0 Å². The third-order valence-corrected chi connectivity index (χ3v) is 12.5. The number of rotatable bonds is 7. The number of hydrogen-bond donors (Lipinski definition) is 1. The highest BCUT2D eigenvalue weighted by Crippen LogP contribution is 2.40. The van der Waals surface area contributed by atoms with Crippen molar-refractivity contribution in [1.82, 2.24) is 0 Å². The first-order chi connectivity index (χ1) is 19.7. The molecule has 3 aromatic rings. The van der Waals surface area contributed by atoms with E-state index in [0.717, 1.165) is 16.4 Å². The summed E-state index contributed by atoms with van der Waals surface area (Å²) in [5.74, 6) is -3.23. The molecule has 2 atom stereocenters. The van der Waals surface area contributed by atoms with E-state index in [2.05, 4.69) is 5.16 Å². The van der Waals surface area contributed by atoms with Gasteiger partial charge < -0.3 is 19.3 Å². The number of hydrogen-bond acceptors (Lipinski definition) is 5. The number of oxime groups is 1. The van der Waals surface area contributed by atoms with Crippen LogP contribution in [0.25, 0.3) is 0 Å². The molecule has 5 nitrogen and oxygen atoms in total. The fourth-order valence-electron chi connectivity index (χ4n) is 5.86. The Balaban J connectivity index is 1.94. The Hall–Kier alpha value is -3.28. The third kappa shape index (κ3) is 6.09. The molecule has 226 valence electrons. The van der Waals surface area contributed by atoms with Crippen molar-refractivity contribution in [2.75, 3.05) is 18.0 Å². The Morgan fingerprint density at radius 2 is 1.43 bits per heavy atom. The van der Waals surface area contributed by atoms with Crippen LogP contribution >= 0.6 is 0 Å². The molecule has 11 heteroatoms. The summed E-state index contributed by atoms with van der Waals surface area (Å²) in [6.45, 7) is 9.70. The monoisotopic (exact) mass is 606 g/mol. The van der Waals surface area contributed by atoms with Gasteiger partial charge in [-0.25, -0.2) is 8.78 Å². The third-order valence-electron chi connectivity index (χ3n) is 7.48. The van der Waals surface area contributed by atoms with E-state index in [9.17, 15) is 18.4 Å². The van der Waals surface area contributed by atoms with Crippen LogP contribution < -0.4 is 15.3 Å². The molecule has 1 N–H and O–H groups in total. The number of morpholine rings is 1. The normalized spacial score (nSPS) is 18.8. The van der Waals surface area contributed by atoms with Crippen molar-refractivity contribution in [1.29, 1.82) is 0 Å². The van der Waals surface area contributed by atoms with Gasteiger partial charge in [0.1, 0.15) is 0 Å². The maximum atomic E-state index is 15.9. The Morgan fingerprint density at radius 3 is 1.86 bits per heavy atom. The summed E-state index contributed by atoms with van der Waals surface area (Å²) in [7, 11) is -3.21. The number of ether oxygens (including phenoxy) is 1. The Morgan fingerprint density at radius 1 is 0.929 bits per heavy atom. The van der Waals surface area contributed by atoms with Gasteiger partial charge in [0, 0.05) is 24.2 Å². The van der Waals surface area contributed by atoms with Gasteiger partial charge in [-0.05, 0) is 35.3 Å². The van der Waals surface area contributed by atoms with Crippen molar-refractivity contribution >= 4 is 30.1 Å². The minimum absolute atomic E-state index is 0.00332. The van der Waals surface area contributed by atoms with Crippen LogP contribution in [-0.2, 0) is 15.8 Å². The predicted molar refractivity (Wildman–Crippen MR) is 155 cm³/mol. The summed E-state index contributed by atoms with van der Waals surface area (Å²) in [4.78, 5) is 1.58. The van der Waals surface area contributed by atoms with Crippen LogP contribution in [0.2, 0.25) is 5.04 Å². The zero-order chi connectivity index (χ0) is 30.9. The molecule has 0 amide bonds. The van der Waals surface area contributed by atoms with E-state index >= 15 is 8.78 Å². The van der Waals surface area contributed by atoms with Gasteiger partial charge in [-0.1, -0.05) is 86.6 Å². The minimum atomic E-state index is -5.23. The Bertz CT molecular complexity index is 1360. The average molecular weight is 607 g/mol. The standard InChI is InChI=1S/C31H35F5N2O3Si/c1-20-17-38(18-21(2)41-20)28-22(16-25(26(32)27(28)33)29(37-39)31(34,35)36)19-40-42(30(3,4)5,23-12-8-6-9-13-23)24-14-10-7-11-15-24/h6-16,20-21,39H,17-19H2,1-5H3/b37-29-/t20-,21+. The average Bonchev–Trinajstić information content (AvgIpc) is 2.91. The lowest BCUT2D eigenvalue weighted by Gasteiger charge is -2.43. The van der Waals surface area contributed by atoms with E-state index in [1.54, 1.807) is 18.7 Å². The summed E-state index contributed by atoms with van der Waals surface area (Å²) in [5, 5.41) is 12.8. The van der Waals surface area contributed by atoms with Crippen molar-refractivity contribution in [3.05, 3.63) is 89.5 Å². The summed E-state index contributed by atoms with van der Waals surface area (Å²) in [6, 6.07) is 20.0. The van der Waals surface area contributed by atoms with Gasteiger partial charge in [-0.2, -0.15) is 13.2 Å². The number of halogens is 5. The van der Waals surface area contributed by atoms with Crippen molar-refractivity contribution < 1.29 is 36.3 Å². The van der Waals surface area contributed by atoms with Gasteiger partial charge in [-0.15, -0.1) is 0 Å². The number of benzene rings is 3. The molecule has 42 heavy (non-hydrogen) atoms. The highest BCUT2D eigenvalue weighted by atomic mass is 28.4. The molecule has 0 aromatic heterocycles. The molecule has 1 saturated heterocycles. The first kappa shape index (κ1) is 31.6. The molecule has 0 radical (unpaired) electrons. The van der Waals surface area contributed by atoms with Crippen molar-refractivity contribution in [3.8, 4) is 0 Å². The first-order valence-electron chi connectivity index (χ1n) is 13.7. The summed E-state index contributed by atoms with van der Waals surface area (Å²) >= 11 is 0. The van der Waals surface area contributed by atoms with E-state index in [1.165, 1.54) is 0 Å². The summed E-state index contributed by atoms with van der Waals surface area (Å²) in [6.07, 6.45) is -5.92. The van der Waals surface area contributed by atoms with E-state index in [1.807, 2.05) is 81.4 Å². The topological polar surface area (TPSA) is 54.3 Å². The highest BCUT2D eigenvalue weighted by molar-refractivity contribution is 6.99. The van der Waals surface area contributed by atoms with Gasteiger partial charge in [0.25, 0.3) is 8.32 Å². The predicted octanol–water partition coefficient (Wildman–Crippen LogP) is 6.40. The van der Waals surface area contributed by atoms with Crippen LogP contribution in [0.5, 0.6) is 0 Å². The van der Waals surface area contributed by atoms with Gasteiger partial charge in [-0.3, -0.25) is 0 Å². The van der Waals surface area contributed by atoms with Crippen LogP contribution in [0.3, 0.4) is 0 Å². The molecule has 0 bridgehead atoms. The molecule has 1 fully saturated rings. The highest BCUT2D eigenvalue weighted by Gasteiger charge is 2.50. The lowest BCUT2D eigenvalue weighted by atomic mass is 10.0. The fraction of sp³-hybridized carbons (Fsp3) is 0.387. The quantitative estimate of drug-likeness (QED) is 0.111. The van der Waals surface area contributed by atoms with Gasteiger partial charge in [0.2, 0.25) is 0 Å². The van der Waals surface area contributed by atoms with E-state index in [-0.39, 0.29) is 43.2 Å². The van der Waals surface area contributed by atoms with Gasteiger partial charge >= 0.3 is 6.18 Å². The number of anilines is 1. The van der Waals surface area contributed by atoms with E-state index in [0.29, 0.717) is 0 Å². The maximum Gasteiger partial charge on any atom is 0.437 e. The summed E-state index contributed by atoms with van der Waals surface area (Å²) in [5.41, 5.74) is -3.32. The minimum Gasteiger partial charge on any atom is -0.410 e. The molecule has 0 aliphatic carbocycles. The molecule has 4 rings (SSSR count). The molecule has 0 spiro atoms. The number of alkyl halides is 3. The largest absolute Gasteiger partial charge is 0.437 e. The molecule has 0 saturated carbocycles. The molecular weight excluding hydrogens is 571 g/mol. The van der Waals surface area contributed by atoms with Crippen LogP contribution in [-0.4, -0.2) is 50.7 Å². The van der Waals surface area contributed by atoms with Crippen molar-refractivity contribution in [2.45, 2.75) is 64.6 Å². The SMILES string of the molecule is C[C@@H]1CN(c2c(CO[Si](c3ccccc3)(c3ccccc3)C(C)(C)C)cc(/C(=N/O)C(F)(F)F)c(F)c2F)C[C@H](C)O1. The lowest BCUT2D eigenvalue weighted by Crippen LogP contribution is -2.66. The van der Waals surface area contributed by atoms with Crippen LogP contribution in [0.1, 0.15) is 45.7 Å². The molecule has 1 aliphatic rings. The van der Waals surface area contributed by atoms with E-state index in [4.69, 9.17) is 9.16 Å². The Labute approximate surface area is 243 Å². The molecule has 1 aliphatic heterocycles. The lowest BCUT2D eigenvalue weighted by molar-refractivity contribution is -0.0603. The van der Waals surface area contributed by atoms with Crippen molar-refractivity contribution in [2.24, 2.45) is 5.16 Å². The zero-order valence-corrected chi connectivity index (χ0v) is 25.2. The number of nitrogens with zero attached hydrogens (tertiary/aromatic N) is 2. The first-order valence-corrected chi connectivity index (χ1v) is 15.6. The van der Waals surface area contributed by atoms with Crippen LogP contribution in [0.4, 0.5) is 27.6 Å². The van der Waals surface area contributed by atoms with Gasteiger partial charge in [0.05, 0.1) is 24.5 Å². The second-order valence-corrected chi connectivity index (χ2v) is 15.9. The second-order valence-electron chi connectivity index (χ2n) is 11.6. The zero-order valence-electron chi connectivity index (χ0n) is 24.2.